The summed E-state index contributed by atoms with van der Waals surface area (Å²) < 4.78 is 5.12. The van der Waals surface area contributed by atoms with E-state index < -0.39 is 0 Å². The number of amides is 2. The zero-order chi connectivity index (χ0) is 17.8. The number of ether oxygens (including phenoxy) is 1. The molecule has 0 bridgehead atoms. The number of aryl methyl sites for hydroxylation is 2. The van der Waals surface area contributed by atoms with Crippen LogP contribution in [0.3, 0.4) is 0 Å². The van der Waals surface area contributed by atoms with Crippen LogP contribution in [-0.2, 0) is 6.54 Å². The molecular weight excluding hydrogens is 314 g/mol. The molecule has 2 aromatic rings. The number of aromatic nitrogens is 1. The topological polar surface area (TPSA) is 54.5 Å². The second-order valence-corrected chi connectivity index (χ2v) is 6.56. The van der Waals surface area contributed by atoms with Crippen molar-refractivity contribution in [3.8, 4) is 5.88 Å². The van der Waals surface area contributed by atoms with E-state index in [1.807, 2.05) is 17.0 Å². The maximum Gasteiger partial charge on any atom is 0.318 e. The highest BCUT2D eigenvalue weighted by atomic mass is 16.5. The van der Waals surface area contributed by atoms with E-state index in [1.165, 1.54) is 16.7 Å². The second kappa shape index (κ2) is 7.55. The van der Waals surface area contributed by atoms with Crippen molar-refractivity contribution in [3.05, 3.63) is 58.8 Å². The Labute approximate surface area is 149 Å². The maximum absolute atomic E-state index is 12.7. The number of nitrogens with one attached hydrogen (secondary N) is 1. The summed E-state index contributed by atoms with van der Waals surface area (Å²) in [6.45, 7) is 5.49. The number of benzene rings is 1. The van der Waals surface area contributed by atoms with Gasteiger partial charge in [0, 0.05) is 25.4 Å². The van der Waals surface area contributed by atoms with Crippen molar-refractivity contribution in [1.29, 1.82) is 0 Å². The highest BCUT2D eigenvalue weighted by molar-refractivity contribution is 5.75. The van der Waals surface area contributed by atoms with Crippen LogP contribution in [0.25, 0.3) is 0 Å². The molecule has 25 heavy (non-hydrogen) atoms. The Morgan fingerprint density at radius 3 is 2.88 bits per heavy atom. The van der Waals surface area contributed by atoms with Gasteiger partial charge in [0.2, 0.25) is 5.88 Å². The Kier molecular flexibility index (Phi) is 5.22. The third kappa shape index (κ3) is 3.92. The number of nitrogens with zero attached hydrogens (tertiary/aromatic N) is 2. The molecule has 3 rings (SSSR count). The van der Waals surface area contributed by atoms with E-state index in [0.29, 0.717) is 12.4 Å². The highest BCUT2D eigenvalue weighted by Crippen LogP contribution is 2.32. The predicted molar refractivity (Wildman–Crippen MR) is 97.6 cm³/mol. The molecule has 1 aliphatic heterocycles. The SMILES string of the molecule is COc1cc(CNC(=O)N2CCCC2c2ccc(C)c(C)c2)ccn1. The monoisotopic (exact) mass is 339 g/mol. The quantitative estimate of drug-likeness (QED) is 0.923. The summed E-state index contributed by atoms with van der Waals surface area (Å²) in [4.78, 5) is 18.7. The van der Waals surface area contributed by atoms with Gasteiger partial charge in [-0.05, 0) is 55.0 Å². The zero-order valence-electron chi connectivity index (χ0n) is 15.1. The van der Waals surface area contributed by atoms with Crippen LogP contribution in [-0.4, -0.2) is 29.6 Å². The summed E-state index contributed by atoms with van der Waals surface area (Å²) in [5, 5.41) is 3.02. The molecular formula is C20H25N3O2. The van der Waals surface area contributed by atoms with Crippen molar-refractivity contribution >= 4 is 6.03 Å². The summed E-state index contributed by atoms with van der Waals surface area (Å²) in [5.41, 5.74) is 4.75. The van der Waals surface area contributed by atoms with Crippen molar-refractivity contribution in [2.75, 3.05) is 13.7 Å². The first-order valence-electron chi connectivity index (χ1n) is 8.69. The Morgan fingerprint density at radius 1 is 1.28 bits per heavy atom. The number of likely N-dealkylation sites (tertiary alicyclic amines) is 1. The molecule has 1 saturated heterocycles. The normalized spacial score (nSPS) is 16.8. The van der Waals surface area contributed by atoms with Gasteiger partial charge in [0.05, 0.1) is 13.2 Å². The van der Waals surface area contributed by atoms with Gasteiger partial charge in [-0.1, -0.05) is 18.2 Å². The summed E-state index contributed by atoms with van der Waals surface area (Å²) in [7, 11) is 1.59. The molecule has 5 nitrogen and oxygen atoms in total. The van der Waals surface area contributed by atoms with Crippen molar-refractivity contribution in [1.82, 2.24) is 15.2 Å². The van der Waals surface area contributed by atoms with E-state index in [9.17, 15) is 4.79 Å². The minimum Gasteiger partial charge on any atom is -0.481 e. The van der Waals surface area contributed by atoms with E-state index in [4.69, 9.17) is 4.74 Å². The fourth-order valence-electron chi connectivity index (χ4n) is 3.28. The first-order chi connectivity index (χ1) is 12.1. The van der Waals surface area contributed by atoms with Crippen LogP contribution in [0.5, 0.6) is 5.88 Å². The molecule has 0 spiro atoms. The lowest BCUT2D eigenvalue weighted by atomic mass is 9.99. The Morgan fingerprint density at radius 2 is 2.12 bits per heavy atom. The third-order valence-electron chi connectivity index (χ3n) is 4.88. The van der Waals surface area contributed by atoms with Crippen molar-refractivity contribution in [3.63, 3.8) is 0 Å². The average molecular weight is 339 g/mol. The average Bonchev–Trinajstić information content (AvgIpc) is 3.12. The largest absolute Gasteiger partial charge is 0.481 e. The van der Waals surface area contributed by atoms with E-state index in [-0.39, 0.29) is 12.1 Å². The van der Waals surface area contributed by atoms with Gasteiger partial charge in [0.15, 0.2) is 0 Å². The highest BCUT2D eigenvalue weighted by Gasteiger charge is 2.29. The molecule has 0 radical (unpaired) electrons. The van der Waals surface area contributed by atoms with Crippen LogP contribution >= 0.6 is 0 Å². The van der Waals surface area contributed by atoms with Crippen LogP contribution in [0.2, 0.25) is 0 Å². The molecule has 0 saturated carbocycles. The molecule has 0 aliphatic carbocycles. The lowest BCUT2D eigenvalue weighted by molar-refractivity contribution is 0.192. The van der Waals surface area contributed by atoms with E-state index in [2.05, 4.69) is 42.3 Å². The molecule has 132 valence electrons. The Balaban J connectivity index is 1.67. The van der Waals surface area contributed by atoms with Gasteiger partial charge < -0.3 is 15.0 Å². The summed E-state index contributed by atoms with van der Waals surface area (Å²) >= 11 is 0. The minimum absolute atomic E-state index is 0.0171. The molecule has 1 aromatic heterocycles. The molecule has 1 unspecified atom stereocenters. The van der Waals surface area contributed by atoms with E-state index in [0.717, 1.165) is 24.9 Å². The van der Waals surface area contributed by atoms with Crippen LogP contribution < -0.4 is 10.1 Å². The fraction of sp³-hybridized carbons (Fsp3) is 0.400. The van der Waals surface area contributed by atoms with Gasteiger partial charge in [0.25, 0.3) is 0 Å². The maximum atomic E-state index is 12.7. The Bertz CT molecular complexity index is 760. The van der Waals surface area contributed by atoms with Crippen LogP contribution in [0.1, 0.15) is 41.1 Å². The smallest absolute Gasteiger partial charge is 0.318 e. The predicted octanol–water partition coefficient (Wildman–Crippen LogP) is 3.75. The number of rotatable bonds is 4. The molecule has 1 aromatic carbocycles. The van der Waals surface area contributed by atoms with Gasteiger partial charge in [-0.2, -0.15) is 0 Å². The lowest BCUT2D eigenvalue weighted by Crippen LogP contribution is -2.39. The number of urea groups is 1. The van der Waals surface area contributed by atoms with Crippen LogP contribution in [0, 0.1) is 13.8 Å². The molecule has 2 heterocycles. The number of hydrogen-bond acceptors (Lipinski definition) is 3. The lowest BCUT2D eigenvalue weighted by Gasteiger charge is -2.26. The molecule has 5 heteroatoms. The first-order valence-corrected chi connectivity index (χ1v) is 8.69. The summed E-state index contributed by atoms with van der Waals surface area (Å²) in [6.07, 6.45) is 3.74. The van der Waals surface area contributed by atoms with E-state index >= 15 is 0 Å². The molecule has 1 atom stereocenters. The standard InChI is InChI=1S/C20H25N3O2/c1-14-6-7-17(11-15(14)2)18-5-4-10-23(18)20(24)22-13-16-8-9-21-19(12-16)25-3/h6-9,11-12,18H,4-5,10,13H2,1-3H3,(H,22,24). The number of methoxy groups -OCH3 is 1. The van der Waals surface area contributed by atoms with E-state index in [1.54, 1.807) is 13.3 Å². The second-order valence-electron chi connectivity index (χ2n) is 6.56. The summed E-state index contributed by atoms with van der Waals surface area (Å²) in [5.74, 6) is 0.556. The van der Waals surface area contributed by atoms with Crippen molar-refractivity contribution in [2.45, 2.75) is 39.3 Å². The van der Waals surface area contributed by atoms with Gasteiger partial charge in [-0.15, -0.1) is 0 Å². The Hall–Kier alpha value is -2.56. The first kappa shape index (κ1) is 17.3. The van der Waals surface area contributed by atoms with Crippen LogP contribution in [0.15, 0.2) is 36.5 Å². The number of carbonyl (C=O) groups is 1. The minimum atomic E-state index is -0.0171. The summed E-state index contributed by atoms with van der Waals surface area (Å²) in [6, 6.07) is 10.4. The van der Waals surface area contributed by atoms with Gasteiger partial charge >= 0.3 is 6.03 Å². The third-order valence-corrected chi connectivity index (χ3v) is 4.88. The molecule has 1 N–H and O–H groups in total. The number of carbonyl (C=O) groups excluding carboxylic acids is 1. The van der Waals surface area contributed by atoms with Gasteiger partial charge in [-0.3, -0.25) is 0 Å². The number of pyridine rings is 1. The zero-order valence-corrected chi connectivity index (χ0v) is 15.1. The van der Waals surface area contributed by atoms with Crippen LogP contribution in [0.4, 0.5) is 4.79 Å². The fourth-order valence-corrected chi connectivity index (χ4v) is 3.28. The molecule has 2 amide bonds. The molecule has 1 aliphatic rings. The van der Waals surface area contributed by atoms with Gasteiger partial charge in [0.1, 0.15) is 0 Å². The number of hydrogen-bond donors (Lipinski definition) is 1. The van der Waals surface area contributed by atoms with Gasteiger partial charge in [-0.25, -0.2) is 9.78 Å². The van der Waals surface area contributed by atoms with Crippen molar-refractivity contribution < 1.29 is 9.53 Å². The molecule has 1 fully saturated rings. The van der Waals surface area contributed by atoms with Crippen molar-refractivity contribution in [2.24, 2.45) is 0 Å².